The molecule has 134 valence electrons. The third-order valence-corrected chi connectivity index (χ3v) is 4.77. The number of methoxy groups -OCH3 is 2. The van der Waals surface area contributed by atoms with Gasteiger partial charge in [0.25, 0.3) is 0 Å². The van der Waals surface area contributed by atoms with Gasteiger partial charge in [-0.1, -0.05) is 23.7 Å². The van der Waals surface area contributed by atoms with Crippen molar-refractivity contribution in [2.45, 2.75) is 6.92 Å². The van der Waals surface area contributed by atoms with Gasteiger partial charge in [-0.3, -0.25) is 5.43 Å². The van der Waals surface area contributed by atoms with Crippen LogP contribution < -0.4 is 14.9 Å². The van der Waals surface area contributed by atoms with Crippen LogP contribution in [0.2, 0.25) is 5.02 Å². The van der Waals surface area contributed by atoms with Gasteiger partial charge in [-0.05, 0) is 42.8 Å². The highest BCUT2D eigenvalue weighted by atomic mass is 35.5. The molecule has 2 aromatic carbocycles. The summed E-state index contributed by atoms with van der Waals surface area (Å²) in [5, 5.41) is 7.74. The average molecular weight is 388 g/mol. The number of hydrazone groups is 1. The molecule has 0 bridgehead atoms. The van der Waals surface area contributed by atoms with Gasteiger partial charge in [0.1, 0.15) is 11.5 Å². The van der Waals surface area contributed by atoms with Crippen LogP contribution in [0.15, 0.2) is 52.9 Å². The third kappa shape index (κ3) is 4.15. The Kier molecular flexibility index (Phi) is 5.75. The van der Waals surface area contributed by atoms with Crippen molar-refractivity contribution in [1.82, 2.24) is 4.98 Å². The van der Waals surface area contributed by atoms with Gasteiger partial charge < -0.3 is 9.47 Å². The summed E-state index contributed by atoms with van der Waals surface area (Å²) in [4.78, 5) is 4.59. The summed E-state index contributed by atoms with van der Waals surface area (Å²) in [5.41, 5.74) is 6.51. The van der Waals surface area contributed by atoms with Crippen LogP contribution in [-0.4, -0.2) is 24.9 Å². The number of benzene rings is 2. The van der Waals surface area contributed by atoms with Gasteiger partial charge in [-0.2, -0.15) is 5.10 Å². The van der Waals surface area contributed by atoms with Gasteiger partial charge in [-0.25, -0.2) is 4.98 Å². The number of aromatic nitrogens is 1. The minimum absolute atomic E-state index is 0.693. The molecule has 1 aromatic heterocycles. The summed E-state index contributed by atoms with van der Waals surface area (Å²) in [5.74, 6) is 1.49. The first-order valence-corrected chi connectivity index (χ1v) is 9.10. The summed E-state index contributed by atoms with van der Waals surface area (Å²) < 4.78 is 10.7. The molecule has 1 heterocycles. The van der Waals surface area contributed by atoms with E-state index in [-0.39, 0.29) is 0 Å². The van der Waals surface area contributed by atoms with Gasteiger partial charge in [-0.15, -0.1) is 11.3 Å². The molecule has 0 aliphatic heterocycles. The first-order chi connectivity index (χ1) is 12.6. The van der Waals surface area contributed by atoms with Crippen molar-refractivity contribution in [3.63, 3.8) is 0 Å². The molecule has 0 saturated carbocycles. The molecule has 0 radical (unpaired) electrons. The number of nitrogens with one attached hydrogen (secondary N) is 1. The normalized spacial score (nSPS) is 11.3. The molecule has 7 heteroatoms. The van der Waals surface area contributed by atoms with Crippen LogP contribution >= 0.6 is 22.9 Å². The second kappa shape index (κ2) is 8.21. The minimum atomic E-state index is 0.693. The Labute approximate surface area is 161 Å². The molecule has 0 amide bonds. The lowest BCUT2D eigenvalue weighted by Crippen LogP contribution is -1.99. The molecule has 0 atom stereocenters. The van der Waals surface area contributed by atoms with E-state index in [1.54, 1.807) is 14.2 Å². The molecule has 1 N–H and O–H groups in total. The zero-order valence-electron chi connectivity index (χ0n) is 14.6. The van der Waals surface area contributed by atoms with E-state index in [0.717, 1.165) is 34.0 Å². The largest absolute Gasteiger partial charge is 0.497 e. The smallest absolute Gasteiger partial charge is 0.203 e. The maximum absolute atomic E-state index is 5.91. The van der Waals surface area contributed by atoms with Crippen LogP contribution in [0.25, 0.3) is 11.3 Å². The van der Waals surface area contributed by atoms with E-state index in [2.05, 4.69) is 15.5 Å². The van der Waals surface area contributed by atoms with Crippen molar-refractivity contribution in [3.8, 4) is 22.8 Å². The Morgan fingerprint density at radius 2 is 1.88 bits per heavy atom. The average Bonchev–Trinajstić information content (AvgIpc) is 3.15. The molecule has 0 aliphatic rings. The quantitative estimate of drug-likeness (QED) is 0.459. The maximum atomic E-state index is 5.91. The fourth-order valence-corrected chi connectivity index (χ4v) is 3.13. The highest BCUT2D eigenvalue weighted by Crippen LogP contribution is 2.35. The number of rotatable bonds is 6. The van der Waals surface area contributed by atoms with Crippen molar-refractivity contribution in [1.29, 1.82) is 0 Å². The van der Waals surface area contributed by atoms with E-state index < -0.39 is 0 Å². The summed E-state index contributed by atoms with van der Waals surface area (Å²) in [6, 6.07) is 13.2. The molecular formula is C19H18ClN3O2S. The molecule has 0 saturated heterocycles. The summed E-state index contributed by atoms with van der Waals surface area (Å²) in [6.07, 6.45) is 0. The molecule has 5 nitrogen and oxygen atoms in total. The van der Waals surface area contributed by atoms with Crippen molar-refractivity contribution >= 4 is 33.8 Å². The molecule has 0 fully saturated rings. The number of hydrogen-bond acceptors (Lipinski definition) is 6. The maximum Gasteiger partial charge on any atom is 0.203 e. The van der Waals surface area contributed by atoms with Gasteiger partial charge in [0.05, 0.1) is 25.6 Å². The summed E-state index contributed by atoms with van der Waals surface area (Å²) >= 11 is 7.38. The lowest BCUT2D eigenvalue weighted by molar-refractivity contribution is 0.404. The highest BCUT2D eigenvalue weighted by Gasteiger charge is 2.11. The van der Waals surface area contributed by atoms with Crippen LogP contribution in [0.5, 0.6) is 11.5 Å². The van der Waals surface area contributed by atoms with Gasteiger partial charge in [0.15, 0.2) is 0 Å². The van der Waals surface area contributed by atoms with E-state index >= 15 is 0 Å². The number of hydrogen-bond donors (Lipinski definition) is 1. The molecule has 3 aromatic rings. The third-order valence-electron chi connectivity index (χ3n) is 3.77. The van der Waals surface area contributed by atoms with Gasteiger partial charge >= 0.3 is 0 Å². The Morgan fingerprint density at radius 1 is 1.12 bits per heavy atom. The molecule has 3 rings (SSSR count). The number of thiazole rings is 1. The highest BCUT2D eigenvalue weighted by molar-refractivity contribution is 7.14. The number of anilines is 1. The second-order valence-corrected chi connectivity index (χ2v) is 6.71. The Morgan fingerprint density at radius 3 is 2.58 bits per heavy atom. The van der Waals surface area contributed by atoms with Crippen molar-refractivity contribution in [2.75, 3.05) is 19.6 Å². The predicted molar refractivity (Wildman–Crippen MR) is 108 cm³/mol. The van der Waals surface area contributed by atoms with Crippen molar-refractivity contribution in [2.24, 2.45) is 5.10 Å². The number of halogens is 1. The van der Waals surface area contributed by atoms with Crippen molar-refractivity contribution in [3.05, 3.63) is 58.4 Å². The van der Waals surface area contributed by atoms with Crippen LogP contribution in [0.1, 0.15) is 12.5 Å². The second-order valence-electron chi connectivity index (χ2n) is 5.42. The standard InChI is InChI=1S/C19H18ClN3O2S/c1-12(13-4-6-14(20)7-5-13)22-23-19-21-17(11-26-19)16-10-15(24-2)8-9-18(16)25-3/h4-11H,1-3H3,(H,21,23)/b22-12+. The number of nitrogens with zero attached hydrogens (tertiary/aromatic N) is 2. The molecule has 0 unspecified atom stereocenters. The van der Waals surface area contributed by atoms with E-state index in [4.69, 9.17) is 21.1 Å². The zero-order chi connectivity index (χ0) is 18.5. The summed E-state index contributed by atoms with van der Waals surface area (Å²) in [6.45, 7) is 1.93. The lowest BCUT2D eigenvalue weighted by Gasteiger charge is -2.08. The molecular weight excluding hydrogens is 370 g/mol. The SMILES string of the molecule is COc1ccc(OC)c(-c2csc(N/N=C(\C)c3ccc(Cl)cc3)n2)c1. The molecule has 26 heavy (non-hydrogen) atoms. The zero-order valence-corrected chi connectivity index (χ0v) is 16.2. The lowest BCUT2D eigenvalue weighted by atomic mass is 10.1. The first kappa shape index (κ1) is 18.2. The first-order valence-electron chi connectivity index (χ1n) is 7.85. The van der Waals surface area contributed by atoms with Crippen LogP contribution in [0.4, 0.5) is 5.13 Å². The van der Waals surface area contributed by atoms with Crippen LogP contribution in [-0.2, 0) is 0 Å². The van der Waals surface area contributed by atoms with Crippen LogP contribution in [0, 0.1) is 0 Å². The number of ether oxygens (including phenoxy) is 2. The van der Waals surface area contributed by atoms with Gasteiger partial charge in [0, 0.05) is 16.0 Å². The van der Waals surface area contributed by atoms with E-state index in [9.17, 15) is 0 Å². The Hall–Kier alpha value is -2.57. The van der Waals surface area contributed by atoms with Crippen LogP contribution in [0.3, 0.4) is 0 Å². The minimum Gasteiger partial charge on any atom is -0.497 e. The Bertz CT molecular complexity index is 923. The van der Waals surface area contributed by atoms with Gasteiger partial charge in [0.2, 0.25) is 5.13 Å². The van der Waals surface area contributed by atoms with Crippen molar-refractivity contribution < 1.29 is 9.47 Å². The van der Waals surface area contributed by atoms with E-state index in [0.29, 0.717) is 10.2 Å². The Balaban J connectivity index is 1.80. The molecule has 0 aliphatic carbocycles. The fraction of sp³-hybridized carbons (Fsp3) is 0.158. The topological polar surface area (TPSA) is 55.7 Å². The summed E-state index contributed by atoms with van der Waals surface area (Å²) in [7, 11) is 3.27. The predicted octanol–water partition coefficient (Wildman–Crippen LogP) is 5.32. The van der Waals surface area contributed by atoms with E-state index in [1.165, 1.54) is 11.3 Å². The van der Waals surface area contributed by atoms with E-state index in [1.807, 2.05) is 54.8 Å². The fourth-order valence-electron chi connectivity index (χ4n) is 2.35. The monoisotopic (exact) mass is 387 g/mol. The molecule has 0 spiro atoms.